The maximum atomic E-state index is 13.1. The zero-order chi connectivity index (χ0) is 22.6. The van der Waals surface area contributed by atoms with Gasteiger partial charge in [-0.1, -0.05) is 6.92 Å². The van der Waals surface area contributed by atoms with Crippen LogP contribution >= 0.6 is 0 Å². The van der Waals surface area contributed by atoms with E-state index >= 15 is 0 Å². The van der Waals surface area contributed by atoms with Gasteiger partial charge >= 0.3 is 0 Å². The van der Waals surface area contributed by atoms with Crippen molar-refractivity contribution in [2.24, 2.45) is 0 Å². The van der Waals surface area contributed by atoms with E-state index in [1.54, 1.807) is 6.07 Å². The Morgan fingerprint density at radius 2 is 2.00 bits per heavy atom. The summed E-state index contributed by atoms with van der Waals surface area (Å²) in [6, 6.07) is 8.28. The summed E-state index contributed by atoms with van der Waals surface area (Å²) in [7, 11) is -2.95. The van der Waals surface area contributed by atoms with Crippen LogP contribution in [0.25, 0.3) is 0 Å². The summed E-state index contributed by atoms with van der Waals surface area (Å²) < 4.78 is 39.1. The molecule has 31 heavy (non-hydrogen) atoms. The van der Waals surface area contributed by atoms with Gasteiger partial charge in [0.1, 0.15) is 22.1 Å². The number of ether oxygens (including phenoxy) is 2. The third-order valence-corrected chi connectivity index (χ3v) is 6.09. The molecule has 0 atom stereocenters. The third-order valence-electron chi connectivity index (χ3n) is 4.70. The number of methoxy groups -OCH3 is 1. The highest BCUT2D eigenvalue weighted by Crippen LogP contribution is 2.35. The molecule has 166 valence electrons. The molecule has 1 aliphatic rings. The van der Waals surface area contributed by atoms with Crippen LogP contribution in [0.3, 0.4) is 0 Å². The van der Waals surface area contributed by atoms with E-state index in [4.69, 9.17) is 9.47 Å². The minimum Gasteiger partial charge on any atom is -0.495 e. The summed E-state index contributed by atoms with van der Waals surface area (Å²) in [5, 5.41) is 11.5. The van der Waals surface area contributed by atoms with Gasteiger partial charge in [0.15, 0.2) is 0 Å². The Balaban J connectivity index is 1.98. The lowest BCUT2D eigenvalue weighted by atomic mass is 10.2. The largest absolute Gasteiger partial charge is 0.495 e. The Hall–Kier alpha value is -3.34. The van der Waals surface area contributed by atoms with Crippen molar-refractivity contribution in [3.8, 4) is 11.5 Å². The summed E-state index contributed by atoms with van der Waals surface area (Å²) in [5.41, 5.74) is -0.234. The summed E-state index contributed by atoms with van der Waals surface area (Å²) in [5.74, 6) is 0.219. The fraction of sp³-hybridized carbons (Fsp3) is 0.350. The molecule has 1 aliphatic heterocycles. The van der Waals surface area contributed by atoms with Gasteiger partial charge in [0, 0.05) is 18.7 Å². The van der Waals surface area contributed by atoms with Gasteiger partial charge in [-0.3, -0.25) is 19.6 Å². The van der Waals surface area contributed by atoms with Crippen molar-refractivity contribution >= 4 is 33.0 Å². The van der Waals surface area contributed by atoms with E-state index in [-0.39, 0.29) is 28.0 Å². The molecule has 0 unspecified atom stereocenters. The molecule has 1 saturated heterocycles. The van der Waals surface area contributed by atoms with Crippen molar-refractivity contribution in [3.63, 3.8) is 0 Å². The summed E-state index contributed by atoms with van der Waals surface area (Å²) in [6.07, 6.45) is 1.80. The first-order chi connectivity index (χ1) is 14.8. The van der Waals surface area contributed by atoms with E-state index in [2.05, 4.69) is 4.72 Å². The average Bonchev–Trinajstić information content (AvgIpc) is 3.18. The number of nitrogens with zero attached hydrogens (tertiary/aromatic N) is 2. The molecule has 3 rings (SSSR count). The number of carbonyl (C=O) groups is 1. The molecule has 2 aromatic carbocycles. The second kappa shape index (κ2) is 9.21. The van der Waals surface area contributed by atoms with Gasteiger partial charge in [-0.15, -0.1) is 0 Å². The monoisotopic (exact) mass is 449 g/mol. The summed E-state index contributed by atoms with van der Waals surface area (Å²) in [4.78, 5) is 24.1. The minimum absolute atomic E-state index is 0.0495. The third kappa shape index (κ3) is 4.88. The van der Waals surface area contributed by atoms with E-state index < -0.39 is 20.6 Å². The van der Waals surface area contributed by atoms with Crippen molar-refractivity contribution in [2.45, 2.75) is 31.1 Å². The maximum absolute atomic E-state index is 13.1. The van der Waals surface area contributed by atoms with Crippen LogP contribution in [0, 0.1) is 10.1 Å². The molecule has 0 aliphatic carbocycles. The highest BCUT2D eigenvalue weighted by molar-refractivity contribution is 7.92. The molecular formula is C20H23N3O7S. The Morgan fingerprint density at radius 1 is 1.23 bits per heavy atom. The molecule has 0 spiro atoms. The Kier molecular flexibility index (Phi) is 6.64. The van der Waals surface area contributed by atoms with Crippen molar-refractivity contribution < 1.29 is 27.6 Å². The number of nitrogens with one attached hydrogen (secondary N) is 1. The Labute approximate surface area is 180 Å². The van der Waals surface area contributed by atoms with Gasteiger partial charge in [-0.05, 0) is 43.2 Å². The number of nitro benzene ring substituents is 1. The zero-order valence-electron chi connectivity index (χ0n) is 17.2. The molecule has 1 N–H and O–H groups in total. The number of hydrogen-bond donors (Lipinski definition) is 1. The topological polar surface area (TPSA) is 128 Å². The van der Waals surface area contributed by atoms with Crippen molar-refractivity contribution in [1.29, 1.82) is 0 Å². The number of anilines is 2. The molecule has 0 aromatic heterocycles. The SMILES string of the molecule is CCCOc1ccc(NS(=O)(=O)c2cc(N3CCCC3=O)ccc2OC)c([N+](=O)[O-])c1. The van der Waals surface area contributed by atoms with E-state index in [0.717, 1.165) is 6.42 Å². The van der Waals surface area contributed by atoms with Crippen LogP contribution in [-0.4, -0.2) is 39.5 Å². The predicted octanol–water partition coefficient (Wildman–Crippen LogP) is 3.32. The van der Waals surface area contributed by atoms with Gasteiger partial charge in [-0.2, -0.15) is 0 Å². The number of benzene rings is 2. The Morgan fingerprint density at radius 3 is 2.61 bits per heavy atom. The van der Waals surface area contributed by atoms with E-state index in [1.807, 2.05) is 6.92 Å². The average molecular weight is 449 g/mol. The quantitative estimate of drug-likeness (QED) is 0.459. The lowest BCUT2D eigenvalue weighted by Crippen LogP contribution is -2.24. The predicted molar refractivity (Wildman–Crippen MR) is 114 cm³/mol. The molecule has 0 bridgehead atoms. The molecule has 1 amide bonds. The van der Waals surface area contributed by atoms with Crippen molar-refractivity contribution in [3.05, 3.63) is 46.5 Å². The number of amides is 1. The van der Waals surface area contributed by atoms with Gasteiger partial charge in [0.2, 0.25) is 5.91 Å². The fourth-order valence-corrected chi connectivity index (χ4v) is 4.49. The second-order valence-electron chi connectivity index (χ2n) is 6.87. The fourth-order valence-electron chi connectivity index (χ4n) is 3.22. The number of sulfonamides is 1. The van der Waals surface area contributed by atoms with Crippen LogP contribution in [-0.2, 0) is 14.8 Å². The molecule has 0 saturated carbocycles. The van der Waals surface area contributed by atoms with Gasteiger partial charge < -0.3 is 14.4 Å². The first kappa shape index (κ1) is 22.3. The van der Waals surface area contributed by atoms with E-state index in [0.29, 0.717) is 31.7 Å². The van der Waals surface area contributed by atoms with Gasteiger partial charge in [-0.25, -0.2) is 8.42 Å². The number of rotatable bonds is 9. The molecular weight excluding hydrogens is 426 g/mol. The van der Waals surface area contributed by atoms with Gasteiger partial charge in [0.05, 0.1) is 24.7 Å². The van der Waals surface area contributed by atoms with Crippen molar-refractivity contribution in [2.75, 3.05) is 29.9 Å². The molecule has 11 heteroatoms. The standard InChI is InChI=1S/C20H23N3O7S/c1-3-11-30-15-7-8-16(17(13-15)23(25)26)21-31(27,28)19-12-14(6-9-18(19)29-2)22-10-4-5-20(22)24/h6-9,12-13,21H,3-5,10-11H2,1-2H3. The lowest BCUT2D eigenvalue weighted by Gasteiger charge is -2.18. The first-order valence-electron chi connectivity index (χ1n) is 9.69. The molecule has 10 nitrogen and oxygen atoms in total. The van der Waals surface area contributed by atoms with Crippen LogP contribution < -0.4 is 19.1 Å². The van der Waals surface area contributed by atoms with Crippen LogP contribution in [0.2, 0.25) is 0 Å². The second-order valence-corrected chi connectivity index (χ2v) is 8.52. The van der Waals surface area contributed by atoms with Crippen LogP contribution in [0.4, 0.5) is 17.1 Å². The van der Waals surface area contributed by atoms with Crippen molar-refractivity contribution in [1.82, 2.24) is 0 Å². The van der Waals surface area contributed by atoms with E-state index in [1.165, 1.54) is 42.3 Å². The molecule has 0 radical (unpaired) electrons. The maximum Gasteiger partial charge on any atom is 0.297 e. The van der Waals surface area contributed by atoms with Crippen LogP contribution in [0.1, 0.15) is 26.2 Å². The van der Waals surface area contributed by atoms with Crippen LogP contribution in [0.5, 0.6) is 11.5 Å². The Bertz CT molecular complexity index is 1100. The highest BCUT2D eigenvalue weighted by atomic mass is 32.2. The zero-order valence-corrected chi connectivity index (χ0v) is 18.0. The summed E-state index contributed by atoms with van der Waals surface area (Å²) in [6.45, 7) is 2.76. The molecule has 1 fully saturated rings. The molecule has 1 heterocycles. The number of carbonyl (C=O) groups excluding carboxylic acids is 1. The smallest absolute Gasteiger partial charge is 0.297 e. The highest BCUT2D eigenvalue weighted by Gasteiger charge is 2.28. The number of hydrogen-bond acceptors (Lipinski definition) is 7. The van der Waals surface area contributed by atoms with Crippen LogP contribution in [0.15, 0.2) is 41.3 Å². The molecule has 2 aromatic rings. The minimum atomic E-state index is -4.27. The van der Waals surface area contributed by atoms with Gasteiger partial charge in [0.25, 0.3) is 15.7 Å². The lowest BCUT2D eigenvalue weighted by molar-refractivity contribution is -0.384. The summed E-state index contributed by atoms with van der Waals surface area (Å²) >= 11 is 0. The number of nitro groups is 1. The van der Waals surface area contributed by atoms with E-state index in [9.17, 15) is 23.3 Å². The first-order valence-corrected chi connectivity index (χ1v) is 11.2. The normalized spacial score (nSPS) is 13.9.